The van der Waals surface area contributed by atoms with Gasteiger partial charge in [0, 0.05) is 6.04 Å². The number of carbonyl (C=O) groups is 1. The van der Waals surface area contributed by atoms with E-state index in [0.717, 1.165) is 18.4 Å². The molecule has 0 aromatic heterocycles. The van der Waals surface area contributed by atoms with E-state index in [1.165, 1.54) is 6.42 Å². The van der Waals surface area contributed by atoms with Crippen LogP contribution in [0.1, 0.15) is 34.1 Å². The van der Waals surface area contributed by atoms with Crippen molar-refractivity contribution in [3.63, 3.8) is 0 Å². The first-order valence-corrected chi connectivity index (χ1v) is 6.00. The molecule has 3 heteroatoms. The van der Waals surface area contributed by atoms with Gasteiger partial charge >= 0.3 is 0 Å². The van der Waals surface area contributed by atoms with Crippen LogP contribution in [0.4, 0.5) is 0 Å². The second kappa shape index (κ2) is 5.50. The maximum absolute atomic E-state index is 11.5. The average Bonchev–Trinajstić information content (AvgIpc) is 2.81. The van der Waals surface area contributed by atoms with Crippen molar-refractivity contribution in [1.29, 1.82) is 0 Å². The summed E-state index contributed by atoms with van der Waals surface area (Å²) in [6.07, 6.45) is 1.32. The van der Waals surface area contributed by atoms with Gasteiger partial charge in [-0.15, -0.1) is 0 Å². The molecular formula is C12H24N2O. The molecule has 1 aliphatic rings. The van der Waals surface area contributed by atoms with Gasteiger partial charge in [-0.1, -0.05) is 20.8 Å². The fraction of sp³-hybridized carbons (Fsp3) is 0.917. The largest absolute Gasteiger partial charge is 0.352 e. The van der Waals surface area contributed by atoms with Crippen molar-refractivity contribution in [3.8, 4) is 0 Å². The fourth-order valence-electron chi connectivity index (χ4n) is 1.53. The Labute approximate surface area is 93.0 Å². The molecule has 88 valence electrons. The summed E-state index contributed by atoms with van der Waals surface area (Å²) in [5.74, 6) is 2.28. The van der Waals surface area contributed by atoms with E-state index in [0.29, 0.717) is 12.5 Å². The number of rotatable bonds is 6. The summed E-state index contributed by atoms with van der Waals surface area (Å²) < 4.78 is 0. The highest BCUT2D eigenvalue weighted by Gasteiger charge is 2.31. The molecule has 3 nitrogen and oxygen atoms in total. The molecule has 0 aromatic carbocycles. The summed E-state index contributed by atoms with van der Waals surface area (Å²) in [6, 6.07) is 0.263. The van der Waals surface area contributed by atoms with Crippen LogP contribution < -0.4 is 10.6 Å². The van der Waals surface area contributed by atoms with Gasteiger partial charge in [0.05, 0.1) is 6.54 Å². The Hall–Kier alpha value is -0.570. The van der Waals surface area contributed by atoms with Gasteiger partial charge in [-0.05, 0) is 37.6 Å². The summed E-state index contributed by atoms with van der Waals surface area (Å²) in [6.45, 7) is 9.98. The van der Waals surface area contributed by atoms with Crippen LogP contribution in [-0.4, -0.2) is 25.0 Å². The molecule has 0 heterocycles. The zero-order valence-electron chi connectivity index (χ0n) is 10.3. The van der Waals surface area contributed by atoms with E-state index in [4.69, 9.17) is 0 Å². The topological polar surface area (TPSA) is 41.1 Å². The Morgan fingerprint density at radius 2 is 2.00 bits per heavy atom. The Balaban J connectivity index is 2.03. The van der Waals surface area contributed by atoms with E-state index in [1.54, 1.807) is 0 Å². The molecule has 1 aliphatic carbocycles. The highest BCUT2D eigenvalue weighted by Crippen LogP contribution is 2.36. The van der Waals surface area contributed by atoms with Crippen LogP contribution in [0, 0.1) is 17.8 Å². The Morgan fingerprint density at radius 1 is 1.40 bits per heavy atom. The number of hydrogen-bond acceptors (Lipinski definition) is 2. The van der Waals surface area contributed by atoms with Crippen molar-refractivity contribution < 1.29 is 4.79 Å². The van der Waals surface area contributed by atoms with Crippen LogP contribution in [0.5, 0.6) is 0 Å². The number of amides is 1. The first kappa shape index (κ1) is 12.5. The summed E-state index contributed by atoms with van der Waals surface area (Å²) in [4.78, 5) is 11.5. The van der Waals surface area contributed by atoms with E-state index in [9.17, 15) is 4.79 Å². The molecule has 15 heavy (non-hydrogen) atoms. The summed E-state index contributed by atoms with van der Waals surface area (Å²) in [5.41, 5.74) is 0. The molecule has 1 amide bonds. The molecule has 0 spiro atoms. The molecular weight excluding hydrogens is 188 g/mol. The summed E-state index contributed by atoms with van der Waals surface area (Å²) in [7, 11) is 0. The van der Waals surface area contributed by atoms with Crippen LogP contribution in [-0.2, 0) is 4.79 Å². The van der Waals surface area contributed by atoms with E-state index in [-0.39, 0.29) is 11.9 Å². The van der Waals surface area contributed by atoms with Crippen molar-refractivity contribution in [1.82, 2.24) is 10.6 Å². The molecule has 1 rings (SSSR count). The normalized spacial score (nSPS) is 26.5. The molecule has 0 saturated heterocycles. The van der Waals surface area contributed by atoms with Crippen LogP contribution in [0.15, 0.2) is 0 Å². The third-order valence-corrected chi connectivity index (χ3v) is 3.36. The number of hydrogen-bond donors (Lipinski definition) is 2. The third-order valence-electron chi connectivity index (χ3n) is 3.36. The van der Waals surface area contributed by atoms with Crippen LogP contribution in [0.25, 0.3) is 0 Å². The van der Waals surface area contributed by atoms with Gasteiger partial charge in [0.1, 0.15) is 0 Å². The quantitative estimate of drug-likeness (QED) is 0.698. The molecule has 0 aromatic rings. The highest BCUT2D eigenvalue weighted by atomic mass is 16.1. The van der Waals surface area contributed by atoms with E-state index >= 15 is 0 Å². The van der Waals surface area contributed by atoms with Gasteiger partial charge in [0.2, 0.25) is 5.91 Å². The lowest BCUT2D eigenvalue weighted by Crippen LogP contribution is -2.41. The van der Waals surface area contributed by atoms with Gasteiger partial charge in [-0.25, -0.2) is 0 Å². The second-order valence-corrected chi connectivity index (χ2v) is 5.20. The molecule has 3 atom stereocenters. The van der Waals surface area contributed by atoms with E-state index < -0.39 is 0 Å². The van der Waals surface area contributed by atoms with Gasteiger partial charge in [0.15, 0.2) is 0 Å². The lowest BCUT2D eigenvalue weighted by molar-refractivity contribution is -0.121. The Morgan fingerprint density at radius 3 is 2.47 bits per heavy atom. The first-order chi connectivity index (χ1) is 7.00. The van der Waals surface area contributed by atoms with Gasteiger partial charge < -0.3 is 10.6 Å². The minimum atomic E-state index is 0.115. The molecule has 1 saturated carbocycles. The van der Waals surface area contributed by atoms with Crippen molar-refractivity contribution in [2.45, 2.75) is 40.2 Å². The Kier molecular flexibility index (Phi) is 4.58. The minimum absolute atomic E-state index is 0.115. The number of nitrogens with one attached hydrogen (secondary N) is 2. The summed E-state index contributed by atoms with van der Waals surface area (Å²) >= 11 is 0. The molecule has 3 unspecified atom stereocenters. The van der Waals surface area contributed by atoms with Crippen LogP contribution in [0.2, 0.25) is 0 Å². The van der Waals surface area contributed by atoms with E-state index in [2.05, 4.69) is 31.4 Å². The average molecular weight is 212 g/mol. The monoisotopic (exact) mass is 212 g/mol. The van der Waals surface area contributed by atoms with E-state index in [1.807, 2.05) is 6.92 Å². The lowest BCUT2D eigenvalue weighted by atomic mass is 10.1. The molecule has 2 N–H and O–H groups in total. The minimum Gasteiger partial charge on any atom is -0.352 e. The lowest BCUT2D eigenvalue weighted by Gasteiger charge is -2.17. The van der Waals surface area contributed by atoms with Crippen LogP contribution >= 0.6 is 0 Å². The summed E-state index contributed by atoms with van der Waals surface area (Å²) in [5, 5.41) is 6.19. The van der Waals surface area contributed by atoms with Gasteiger partial charge in [-0.3, -0.25) is 4.79 Å². The zero-order valence-corrected chi connectivity index (χ0v) is 10.3. The number of carbonyl (C=O) groups excluding carboxylic acids is 1. The Bertz CT molecular complexity index is 216. The zero-order chi connectivity index (χ0) is 11.4. The SMILES string of the molecule is CC(C)C(C)NC(=O)CNCC1CC1C. The maximum Gasteiger partial charge on any atom is 0.234 e. The van der Waals surface area contributed by atoms with Crippen molar-refractivity contribution >= 4 is 5.91 Å². The first-order valence-electron chi connectivity index (χ1n) is 6.00. The maximum atomic E-state index is 11.5. The molecule has 0 aliphatic heterocycles. The van der Waals surface area contributed by atoms with Gasteiger partial charge in [0.25, 0.3) is 0 Å². The predicted octanol–water partition coefficient (Wildman–Crippen LogP) is 1.39. The smallest absolute Gasteiger partial charge is 0.234 e. The molecule has 0 bridgehead atoms. The van der Waals surface area contributed by atoms with Gasteiger partial charge in [-0.2, -0.15) is 0 Å². The van der Waals surface area contributed by atoms with Crippen LogP contribution in [0.3, 0.4) is 0 Å². The fourth-order valence-corrected chi connectivity index (χ4v) is 1.53. The molecule has 0 radical (unpaired) electrons. The van der Waals surface area contributed by atoms with Crippen molar-refractivity contribution in [3.05, 3.63) is 0 Å². The third kappa shape index (κ3) is 4.65. The standard InChI is InChI=1S/C12H24N2O/c1-8(2)10(4)14-12(15)7-13-6-11-5-9(11)3/h8-11,13H,5-7H2,1-4H3,(H,14,15). The van der Waals surface area contributed by atoms with Crippen molar-refractivity contribution in [2.24, 2.45) is 17.8 Å². The predicted molar refractivity (Wildman–Crippen MR) is 62.6 cm³/mol. The highest BCUT2D eigenvalue weighted by molar-refractivity contribution is 5.78. The second-order valence-electron chi connectivity index (χ2n) is 5.20. The molecule has 1 fully saturated rings. The van der Waals surface area contributed by atoms with Crippen molar-refractivity contribution in [2.75, 3.05) is 13.1 Å².